The number of hydrogen-bond acceptors (Lipinski definition) is 1. The van der Waals surface area contributed by atoms with Gasteiger partial charge >= 0.3 is 12.3 Å². The molecule has 0 aliphatic carbocycles. The Kier molecular flexibility index (Phi) is 4.69. The number of benzene rings is 1. The summed E-state index contributed by atoms with van der Waals surface area (Å²) in [5, 5.41) is 0. The summed E-state index contributed by atoms with van der Waals surface area (Å²) >= 11 is 0. The fourth-order valence-corrected chi connectivity index (χ4v) is 1.12. The summed E-state index contributed by atoms with van der Waals surface area (Å²) in [4.78, 5) is 0. The van der Waals surface area contributed by atoms with Crippen molar-refractivity contribution < 1.29 is 22.3 Å². The predicted octanol–water partition coefficient (Wildman–Crippen LogP) is 3.75. The van der Waals surface area contributed by atoms with E-state index >= 15 is 0 Å². The van der Waals surface area contributed by atoms with Crippen molar-refractivity contribution in [1.29, 1.82) is 0 Å². The summed E-state index contributed by atoms with van der Waals surface area (Å²) in [6.07, 6.45) is -2.07. The second-order valence-electron chi connectivity index (χ2n) is 3.50. The molecule has 1 rings (SSSR count). The Morgan fingerprint density at radius 3 is 2.29 bits per heavy atom. The molecule has 1 aromatic carbocycles. The Balaban J connectivity index is 2.43. The maximum absolute atomic E-state index is 12.5. The van der Waals surface area contributed by atoms with Crippen LogP contribution >= 0.6 is 0 Å². The van der Waals surface area contributed by atoms with Gasteiger partial charge in [-0.1, -0.05) is 36.9 Å². The summed E-state index contributed by atoms with van der Waals surface area (Å²) in [6.45, 7) is 2.15. The summed E-state index contributed by atoms with van der Waals surface area (Å²) in [5.41, 5.74) is 1.52. The van der Waals surface area contributed by atoms with Crippen LogP contribution in [-0.2, 0) is 11.3 Å². The van der Waals surface area contributed by atoms with Crippen molar-refractivity contribution in [1.82, 2.24) is 0 Å². The average molecular weight is 248 g/mol. The normalized spacial score (nSPS) is 11.8. The van der Waals surface area contributed by atoms with Gasteiger partial charge < -0.3 is 4.74 Å². The molecule has 0 atom stereocenters. The van der Waals surface area contributed by atoms with Crippen LogP contribution in [0.3, 0.4) is 0 Å². The van der Waals surface area contributed by atoms with Gasteiger partial charge in [0.05, 0.1) is 6.61 Å². The molecule has 0 amide bonds. The quantitative estimate of drug-likeness (QED) is 0.697. The molecule has 0 unspecified atom stereocenters. The van der Waals surface area contributed by atoms with Gasteiger partial charge in [0.1, 0.15) is 6.61 Å². The molecule has 0 saturated heterocycles. The van der Waals surface area contributed by atoms with E-state index in [-0.39, 0.29) is 6.61 Å². The molecule has 0 aromatic heterocycles. The maximum atomic E-state index is 12.5. The Hall–Kier alpha value is -1.36. The van der Waals surface area contributed by atoms with Gasteiger partial charge in [0.15, 0.2) is 0 Å². The highest BCUT2D eigenvalue weighted by molar-refractivity contribution is 5.47. The third kappa shape index (κ3) is 4.19. The fourth-order valence-electron chi connectivity index (χ4n) is 1.12. The van der Waals surface area contributed by atoms with E-state index in [1.54, 1.807) is 30.3 Å². The van der Waals surface area contributed by atoms with E-state index in [9.17, 15) is 17.6 Å². The molecule has 17 heavy (non-hydrogen) atoms. The van der Waals surface area contributed by atoms with Gasteiger partial charge in [-0.25, -0.2) is 8.78 Å². The smallest absolute Gasteiger partial charge is 0.330 e. The molecular formula is C12H12F4O. The lowest BCUT2D eigenvalue weighted by atomic mass is 10.1. The summed E-state index contributed by atoms with van der Waals surface area (Å²) in [6, 6.07) is 6.79. The highest BCUT2D eigenvalue weighted by Crippen LogP contribution is 2.23. The van der Waals surface area contributed by atoms with Crippen molar-refractivity contribution in [3.8, 4) is 0 Å². The molecule has 0 aliphatic rings. The second kappa shape index (κ2) is 5.82. The largest absolute Gasteiger partial charge is 0.370 e. The van der Waals surface area contributed by atoms with Crippen molar-refractivity contribution in [2.45, 2.75) is 19.0 Å². The second-order valence-corrected chi connectivity index (χ2v) is 3.50. The SMILES string of the molecule is C=Cc1ccc(COCC(F)(F)C(F)F)cc1. The van der Waals surface area contributed by atoms with Crippen molar-refractivity contribution in [2.75, 3.05) is 6.61 Å². The van der Waals surface area contributed by atoms with Crippen LogP contribution < -0.4 is 0 Å². The van der Waals surface area contributed by atoms with Crippen LogP contribution in [0.5, 0.6) is 0 Å². The van der Waals surface area contributed by atoms with Crippen molar-refractivity contribution in [2.24, 2.45) is 0 Å². The van der Waals surface area contributed by atoms with E-state index in [1.165, 1.54) is 0 Å². The molecule has 0 saturated carbocycles. The van der Waals surface area contributed by atoms with Gasteiger partial charge in [-0.05, 0) is 11.1 Å². The van der Waals surface area contributed by atoms with Crippen LogP contribution in [0.15, 0.2) is 30.8 Å². The lowest BCUT2D eigenvalue weighted by molar-refractivity contribution is -0.168. The molecule has 0 heterocycles. The van der Waals surface area contributed by atoms with Gasteiger partial charge in [-0.2, -0.15) is 8.78 Å². The first kappa shape index (κ1) is 13.7. The Morgan fingerprint density at radius 2 is 1.82 bits per heavy atom. The first-order valence-corrected chi connectivity index (χ1v) is 4.91. The van der Waals surface area contributed by atoms with Gasteiger partial charge in [0.2, 0.25) is 0 Å². The van der Waals surface area contributed by atoms with E-state index < -0.39 is 19.0 Å². The summed E-state index contributed by atoms with van der Waals surface area (Å²) in [5.74, 6) is -4.10. The van der Waals surface area contributed by atoms with E-state index in [2.05, 4.69) is 11.3 Å². The highest BCUT2D eigenvalue weighted by Gasteiger charge is 2.40. The van der Waals surface area contributed by atoms with Crippen LogP contribution in [-0.4, -0.2) is 19.0 Å². The van der Waals surface area contributed by atoms with E-state index in [0.29, 0.717) is 5.56 Å². The van der Waals surface area contributed by atoms with Crippen LogP contribution in [0.1, 0.15) is 11.1 Å². The van der Waals surface area contributed by atoms with Gasteiger partial charge in [0.25, 0.3) is 0 Å². The first-order valence-electron chi connectivity index (χ1n) is 4.91. The van der Waals surface area contributed by atoms with E-state index in [0.717, 1.165) is 5.56 Å². The molecule has 5 heteroatoms. The zero-order valence-corrected chi connectivity index (χ0v) is 9.01. The van der Waals surface area contributed by atoms with E-state index in [1.807, 2.05) is 0 Å². The molecule has 0 fully saturated rings. The third-order valence-electron chi connectivity index (χ3n) is 2.10. The van der Waals surface area contributed by atoms with Crippen molar-refractivity contribution >= 4 is 6.08 Å². The fraction of sp³-hybridized carbons (Fsp3) is 0.333. The summed E-state index contributed by atoms with van der Waals surface area (Å²) < 4.78 is 53.1. The lowest BCUT2D eigenvalue weighted by Crippen LogP contribution is -2.32. The van der Waals surface area contributed by atoms with Crippen molar-refractivity contribution in [3.05, 3.63) is 42.0 Å². The van der Waals surface area contributed by atoms with Gasteiger partial charge in [0, 0.05) is 0 Å². The Labute approximate surface area is 96.7 Å². The molecule has 0 aliphatic heterocycles. The van der Waals surface area contributed by atoms with E-state index in [4.69, 9.17) is 0 Å². The lowest BCUT2D eigenvalue weighted by Gasteiger charge is -2.15. The number of ether oxygens (including phenoxy) is 1. The minimum atomic E-state index is -4.10. The number of halogens is 4. The average Bonchev–Trinajstić information content (AvgIpc) is 2.29. The molecule has 1 nitrogen and oxygen atoms in total. The predicted molar refractivity (Wildman–Crippen MR) is 57.1 cm³/mol. The van der Waals surface area contributed by atoms with Crippen LogP contribution in [0.4, 0.5) is 17.6 Å². The standard InChI is InChI=1S/C12H12F4O/c1-2-9-3-5-10(6-4-9)7-17-8-12(15,16)11(13)14/h2-6,11H,1,7-8H2. The van der Waals surface area contributed by atoms with Crippen LogP contribution in [0, 0.1) is 0 Å². The Bertz CT molecular complexity index is 359. The molecular weight excluding hydrogens is 236 g/mol. The molecule has 0 bridgehead atoms. The first-order chi connectivity index (χ1) is 7.95. The van der Waals surface area contributed by atoms with Crippen molar-refractivity contribution in [3.63, 3.8) is 0 Å². The highest BCUT2D eigenvalue weighted by atomic mass is 19.3. The topological polar surface area (TPSA) is 9.23 Å². The monoisotopic (exact) mass is 248 g/mol. The molecule has 0 radical (unpaired) electrons. The van der Waals surface area contributed by atoms with Gasteiger partial charge in [-0.15, -0.1) is 0 Å². The number of rotatable bonds is 6. The zero-order valence-electron chi connectivity index (χ0n) is 9.01. The van der Waals surface area contributed by atoms with Crippen LogP contribution in [0.25, 0.3) is 6.08 Å². The number of alkyl halides is 4. The zero-order chi connectivity index (χ0) is 12.9. The number of hydrogen-bond donors (Lipinski definition) is 0. The molecule has 0 N–H and O–H groups in total. The van der Waals surface area contributed by atoms with Gasteiger partial charge in [-0.3, -0.25) is 0 Å². The maximum Gasteiger partial charge on any atom is 0.330 e. The molecule has 94 valence electrons. The minimum absolute atomic E-state index is 0.125. The summed E-state index contributed by atoms with van der Waals surface area (Å²) in [7, 11) is 0. The minimum Gasteiger partial charge on any atom is -0.370 e. The Morgan fingerprint density at radius 1 is 1.24 bits per heavy atom. The molecule has 1 aromatic rings. The molecule has 0 spiro atoms. The van der Waals surface area contributed by atoms with Crippen LogP contribution in [0.2, 0.25) is 0 Å². The third-order valence-corrected chi connectivity index (χ3v) is 2.10.